The highest BCUT2D eigenvalue weighted by Crippen LogP contribution is 2.34. The van der Waals surface area contributed by atoms with Gasteiger partial charge in [-0.1, -0.05) is 43.2 Å². The van der Waals surface area contributed by atoms with Gasteiger partial charge in [0.1, 0.15) is 11.5 Å². The number of ether oxygens (including phenoxy) is 2. The van der Waals surface area contributed by atoms with Crippen LogP contribution in [0.25, 0.3) is 0 Å². The number of hydrogen-bond donors (Lipinski definition) is 1. The lowest BCUT2D eigenvalue weighted by Gasteiger charge is -2.43. The molecule has 9 nitrogen and oxygen atoms in total. The fourth-order valence-corrected chi connectivity index (χ4v) is 6.15. The number of carbonyl (C=O) groups excluding carboxylic acids is 3. The van der Waals surface area contributed by atoms with Crippen LogP contribution < -0.4 is 10.1 Å². The quantitative estimate of drug-likeness (QED) is 0.470. The zero-order valence-corrected chi connectivity index (χ0v) is 24.2. The van der Waals surface area contributed by atoms with Gasteiger partial charge < -0.3 is 19.7 Å². The monoisotopic (exact) mass is 560 g/mol. The third-order valence-electron chi connectivity index (χ3n) is 8.32. The highest BCUT2D eigenvalue weighted by molar-refractivity contribution is 5.95. The van der Waals surface area contributed by atoms with Crippen molar-refractivity contribution in [3.8, 4) is 11.5 Å². The number of piperazine rings is 1. The molecule has 0 aromatic heterocycles. The number of benzene rings is 2. The molecule has 2 aliphatic heterocycles. The van der Waals surface area contributed by atoms with Gasteiger partial charge >= 0.3 is 12.0 Å². The van der Waals surface area contributed by atoms with Gasteiger partial charge in [-0.05, 0) is 56.5 Å². The summed E-state index contributed by atoms with van der Waals surface area (Å²) in [5.74, 6) is 1.25. The van der Waals surface area contributed by atoms with Crippen LogP contribution >= 0.6 is 0 Å². The molecule has 0 radical (unpaired) electrons. The van der Waals surface area contributed by atoms with Crippen LogP contribution in [0.1, 0.15) is 51.1 Å². The first-order chi connectivity index (χ1) is 19.9. The van der Waals surface area contributed by atoms with Crippen LogP contribution in [0.15, 0.2) is 65.9 Å². The molecule has 2 aromatic carbocycles. The Labute approximate surface area is 242 Å². The Morgan fingerprint density at radius 3 is 2.44 bits per heavy atom. The summed E-state index contributed by atoms with van der Waals surface area (Å²) in [5, 5.41) is 2.99. The lowest BCUT2D eigenvalue weighted by Crippen LogP contribution is -2.57. The third kappa shape index (κ3) is 6.40. The zero-order chi connectivity index (χ0) is 28.9. The smallest absolute Gasteiger partial charge is 0.338 e. The number of amides is 3. The second-order valence-corrected chi connectivity index (χ2v) is 11.1. The van der Waals surface area contributed by atoms with Crippen LogP contribution in [0.5, 0.6) is 11.5 Å². The van der Waals surface area contributed by atoms with E-state index in [9.17, 15) is 14.4 Å². The molecule has 2 atom stereocenters. The van der Waals surface area contributed by atoms with E-state index >= 15 is 0 Å². The Hall–Kier alpha value is -3.85. The normalized spacial score (nSPS) is 22.1. The minimum atomic E-state index is -0.699. The predicted octanol–water partition coefficient (Wildman–Crippen LogP) is 4.72. The number of nitrogens with one attached hydrogen (secondary N) is 1. The van der Waals surface area contributed by atoms with Crippen LogP contribution in [-0.2, 0) is 14.3 Å². The molecule has 1 saturated carbocycles. The molecule has 1 saturated heterocycles. The van der Waals surface area contributed by atoms with Gasteiger partial charge in [-0.3, -0.25) is 14.6 Å². The predicted molar refractivity (Wildman–Crippen MR) is 155 cm³/mol. The number of rotatable bonds is 8. The minimum Gasteiger partial charge on any atom is -0.463 e. The van der Waals surface area contributed by atoms with Crippen molar-refractivity contribution in [2.75, 3.05) is 39.8 Å². The van der Waals surface area contributed by atoms with Crippen molar-refractivity contribution in [2.24, 2.45) is 5.92 Å². The summed E-state index contributed by atoms with van der Waals surface area (Å²) in [4.78, 5) is 45.5. The molecule has 3 amide bonds. The second kappa shape index (κ2) is 12.8. The lowest BCUT2D eigenvalue weighted by atomic mass is 9.94. The number of hydrogen-bond acceptors (Lipinski definition) is 6. The number of esters is 1. The topological polar surface area (TPSA) is 91.4 Å². The molecule has 1 N–H and O–H groups in total. The summed E-state index contributed by atoms with van der Waals surface area (Å²) < 4.78 is 11.5. The molecule has 2 aromatic rings. The number of likely N-dealkylation sites (N-methyl/N-ethyl adjacent to an activating group) is 1. The van der Waals surface area contributed by atoms with Gasteiger partial charge in [0.25, 0.3) is 0 Å². The summed E-state index contributed by atoms with van der Waals surface area (Å²) in [6.07, 6.45) is 4.24. The fourth-order valence-electron chi connectivity index (χ4n) is 6.15. The molecular weight excluding hydrogens is 520 g/mol. The van der Waals surface area contributed by atoms with Gasteiger partial charge in [0, 0.05) is 50.9 Å². The van der Waals surface area contributed by atoms with Crippen molar-refractivity contribution >= 4 is 17.9 Å². The lowest BCUT2D eigenvalue weighted by molar-refractivity contribution is -0.140. The molecule has 2 unspecified atom stereocenters. The van der Waals surface area contributed by atoms with E-state index < -0.39 is 12.0 Å². The van der Waals surface area contributed by atoms with Crippen molar-refractivity contribution < 1.29 is 23.9 Å². The summed E-state index contributed by atoms with van der Waals surface area (Å²) >= 11 is 0. The van der Waals surface area contributed by atoms with Crippen molar-refractivity contribution in [1.82, 2.24) is 20.0 Å². The highest BCUT2D eigenvalue weighted by Gasteiger charge is 2.39. The molecule has 9 heteroatoms. The standard InChI is InChI=1S/C32H40N4O5/c1-4-40-31(38)28-27(21-35-17-18-36(22(2)20-35)30(37)23-11-8-9-12-23)34(3)32(39)33-29(28)24-13-10-16-26(19-24)41-25-14-6-5-7-15-25/h5-7,10,13-16,19,22-23,29H,4,8-9,11-12,17-18,20-21H2,1-3H3,(H,33,39). The summed E-state index contributed by atoms with van der Waals surface area (Å²) in [6, 6.07) is 15.9. The second-order valence-electron chi connectivity index (χ2n) is 11.1. The largest absolute Gasteiger partial charge is 0.463 e. The molecule has 0 bridgehead atoms. The Morgan fingerprint density at radius 1 is 1.00 bits per heavy atom. The maximum absolute atomic E-state index is 13.5. The number of para-hydroxylation sites is 1. The summed E-state index contributed by atoms with van der Waals surface area (Å²) in [5.41, 5.74) is 1.73. The van der Waals surface area contributed by atoms with Crippen LogP contribution in [0.2, 0.25) is 0 Å². The molecule has 0 spiro atoms. The first-order valence-corrected chi connectivity index (χ1v) is 14.7. The summed E-state index contributed by atoms with van der Waals surface area (Å²) in [7, 11) is 1.68. The van der Waals surface area contributed by atoms with Gasteiger partial charge in [-0.2, -0.15) is 0 Å². The van der Waals surface area contributed by atoms with E-state index in [0.717, 1.165) is 31.2 Å². The van der Waals surface area contributed by atoms with Crippen LogP contribution in [0, 0.1) is 5.92 Å². The number of nitrogens with zero attached hydrogens (tertiary/aromatic N) is 3. The van der Waals surface area contributed by atoms with E-state index in [4.69, 9.17) is 9.47 Å². The van der Waals surface area contributed by atoms with Crippen molar-refractivity contribution in [1.29, 1.82) is 0 Å². The van der Waals surface area contributed by atoms with Gasteiger partial charge in [-0.25, -0.2) is 9.59 Å². The first kappa shape index (κ1) is 28.7. The number of carbonyl (C=O) groups is 3. The van der Waals surface area contributed by atoms with Crippen LogP contribution in [-0.4, -0.2) is 78.5 Å². The average Bonchev–Trinajstić information content (AvgIpc) is 3.51. The highest BCUT2D eigenvalue weighted by atomic mass is 16.5. The molecule has 2 fully saturated rings. The molecular formula is C32H40N4O5. The van der Waals surface area contributed by atoms with Crippen molar-refractivity contribution in [2.45, 2.75) is 51.6 Å². The minimum absolute atomic E-state index is 0.0498. The Bertz CT molecular complexity index is 1290. The van der Waals surface area contributed by atoms with Crippen LogP contribution in [0.4, 0.5) is 4.79 Å². The fraction of sp³-hybridized carbons (Fsp3) is 0.469. The van der Waals surface area contributed by atoms with Gasteiger partial charge in [0.05, 0.1) is 18.2 Å². The van der Waals surface area contributed by atoms with Gasteiger partial charge in [-0.15, -0.1) is 0 Å². The Morgan fingerprint density at radius 2 is 1.73 bits per heavy atom. The first-order valence-electron chi connectivity index (χ1n) is 14.7. The number of urea groups is 1. The van der Waals surface area contributed by atoms with Crippen molar-refractivity contribution in [3.05, 3.63) is 71.4 Å². The van der Waals surface area contributed by atoms with Crippen LogP contribution in [0.3, 0.4) is 0 Å². The van der Waals surface area contributed by atoms with E-state index in [1.165, 1.54) is 4.90 Å². The average molecular weight is 561 g/mol. The zero-order valence-electron chi connectivity index (χ0n) is 24.2. The molecule has 218 valence electrons. The van der Waals surface area contributed by atoms with Gasteiger partial charge in [0.2, 0.25) is 5.91 Å². The molecule has 3 aliphatic rings. The van der Waals surface area contributed by atoms with Gasteiger partial charge in [0.15, 0.2) is 0 Å². The SMILES string of the molecule is CCOC(=O)C1=C(CN2CCN(C(=O)C3CCCC3)C(C)C2)N(C)C(=O)NC1c1cccc(Oc2ccccc2)c1. The Kier molecular flexibility index (Phi) is 8.93. The van der Waals surface area contributed by atoms with E-state index in [1.54, 1.807) is 14.0 Å². The third-order valence-corrected chi connectivity index (χ3v) is 8.32. The summed E-state index contributed by atoms with van der Waals surface area (Å²) in [6.45, 7) is 6.44. The maximum Gasteiger partial charge on any atom is 0.338 e. The van der Waals surface area contributed by atoms with E-state index in [0.29, 0.717) is 48.9 Å². The van der Waals surface area contributed by atoms with E-state index in [1.807, 2.05) is 59.5 Å². The molecule has 41 heavy (non-hydrogen) atoms. The molecule has 5 rings (SSSR count). The maximum atomic E-state index is 13.5. The van der Waals surface area contributed by atoms with E-state index in [-0.39, 0.29) is 30.5 Å². The molecule has 1 aliphatic carbocycles. The van der Waals surface area contributed by atoms with Crippen molar-refractivity contribution in [3.63, 3.8) is 0 Å². The molecule has 2 heterocycles. The van der Waals surface area contributed by atoms with E-state index in [2.05, 4.69) is 17.1 Å². The Balaban J connectivity index is 1.41.